The molecule has 0 aliphatic rings. The highest BCUT2D eigenvalue weighted by Crippen LogP contribution is 2.22. The molecule has 0 atom stereocenters. The SMILES string of the molecule is CCCc1c(O)n2c3c(=O)n(C)c(=O)n(C)c3nc2n(Cc2ccc(C#N)cc2)c1=O. The van der Waals surface area contributed by atoms with Crippen LogP contribution in [0.2, 0.25) is 0 Å². The summed E-state index contributed by atoms with van der Waals surface area (Å²) in [5.74, 6) is -0.295. The Morgan fingerprint density at radius 1 is 1.06 bits per heavy atom. The third kappa shape index (κ3) is 2.93. The summed E-state index contributed by atoms with van der Waals surface area (Å²) in [5, 5.41) is 19.9. The van der Waals surface area contributed by atoms with Gasteiger partial charge in [-0.1, -0.05) is 25.5 Å². The van der Waals surface area contributed by atoms with Crippen LogP contribution < -0.4 is 16.8 Å². The highest BCUT2D eigenvalue weighted by Gasteiger charge is 2.24. The lowest BCUT2D eigenvalue weighted by Gasteiger charge is -2.13. The van der Waals surface area contributed by atoms with Crippen LogP contribution in [-0.4, -0.2) is 28.2 Å². The van der Waals surface area contributed by atoms with Gasteiger partial charge in [-0.15, -0.1) is 0 Å². The largest absolute Gasteiger partial charge is 0.494 e. The molecule has 3 heterocycles. The topological polar surface area (TPSA) is 127 Å². The Morgan fingerprint density at radius 3 is 2.35 bits per heavy atom. The number of benzene rings is 1. The molecule has 0 saturated carbocycles. The molecule has 0 radical (unpaired) electrons. The Bertz CT molecular complexity index is 1560. The zero-order valence-corrected chi connectivity index (χ0v) is 17.3. The molecule has 0 aliphatic carbocycles. The number of hydrogen-bond acceptors (Lipinski definition) is 6. The molecular formula is C21H20N6O4. The molecule has 4 rings (SSSR count). The monoisotopic (exact) mass is 420 g/mol. The van der Waals surface area contributed by atoms with Crippen LogP contribution in [0.15, 0.2) is 38.6 Å². The van der Waals surface area contributed by atoms with Crippen molar-refractivity contribution in [2.24, 2.45) is 14.1 Å². The van der Waals surface area contributed by atoms with Crippen molar-refractivity contribution in [2.45, 2.75) is 26.3 Å². The lowest BCUT2D eigenvalue weighted by molar-refractivity contribution is 0.433. The van der Waals surface area contributed by atoms with Crippen molar-refractivity contribution in [1.29, 1.82) is 5.26 Å². The molecule has 0 unspecified atom stereocenters. The summed E-state index contributed by atoms with van der Waals surface area (Å²) in [6.07, 6.45) is 0.911. The number of aryl methyl sites for hydroxylation is 1. The maximum atomic E-state index is 13.2. The van der Waals surface area contributed by atoms with Crippen molar-refractivity contribution in [2.75, 3.05) is 0 Å². The quantitative estimate of drug-likeness (QED) is 0.516. The molecule has 1 aromatic carbocycles. The second-order valence-electron chi connectivity index (χ2n) is 7.38. The van der Waals surface area contributed by atoms with Crippen LogP contribution in [0.1, 0.15) is 30.0 Å². The second kappa shape index (κ2) is 7.28. The summed E-state index contributed by atoms with van der Waals surface area (Å²) in [6, 6.07) is 8.79. The van der Waals surface area contributed by atoms with Crippen LogP contribution in [0.25, 0.3) is 16.9 Å². The average molecular weight is 420 g/mol. The van der Waals surface area contributed by atoms with Crippen LogP contribution in [0.4, 0.5) is 0 Å². The maximum absolute atomic E-state index is 13.2. The van der Waals surface area contributed by atoms with E-state index in [0.717, 1.165) is 10.1 Å². The van der Waals surface area contributed by atoms with E-state index in [9.17, 15) is 19.5 Å². The fourth-order valence-corrected chi connectivity index (χ4v) is 3.73. The number of aromatic nitrogens is 5. The van der Waals surface area contributed by atoms with Crippen molar-refractivity contribution in [3.8, 4) is 11.9 Å². The number of imidazole rings is 1. The molecule has 0 spiro atoms. The normalized spacial score (nSPS) is 11.3. The van der Waals surface area contributed by atoms with Gasteiger partial charge in [-0.2, -0.15) is 10.2 Å². The maximum Gasteiger partial charge on any atom is 0.332 e. The summed E-state index contributed by atoms with van der Waals surface area (Å²) in [4.78, 5) is 42.9. The van der Waals surface area contributed by atoms with Gasteiger partial charge in [0.15, 0.2) is 11.2 Å². The number of hydrogen-bond donors (Lipinski definition) is 1. The average Bonchev–Trinajstić information content (AvgIpc) is 3.18. The molecule has 0 fully saturated rings. The van der Waals surface area contributed by atoms with Gasteiger partial charge in [-0.3, -0.25) is 23.3 Å². The standard InChI is InChI=1S/C21H20N6O4/c1-4-5-14-17(28)26(11-13-8-6-12(10-22)7-9-13)20-23-16-15(27(20)18(14)29)19(30)25(3)21(31)24(16)2/h6-9,29H,4-5,11H2,1-3H3. The predicted octanol–water partition coefficient (Wildman–Crippen LogP) is 0.625. The Kier molecular flexibility index (Phi) is 4.74. The zero-order valence-electron chi connectivity index (χ0n) is 17.3. The van der Waals surface area contributed by atoms with E-state index < -0.39 is 16.8 Å². The summed E-state index contributed by atoms with van der Waals surface area (Å²) >= 11 is 0. The summed E-state index contributed by atoms with van der Waals surface area (Å²) < 4.78 is 4.76. The second-order valence-corrected chi connectivity index (χ2v) is 7.38. The van der Waals surface area contributed by atoms with Gasteiger partial charge in [0.25, 0.3) is 11.1 Å². The lowest BCUT2D eigenvalue weighted by atomic mass is 10.1. The molecule has 1 N–H and O–H groups in total. The van der Waals surface area contributed by atoms with E-state index in [2.05, 4.69) is 4.98 Å². The minimum Gasteiger partial charge on any atom is -0.494 e. The number of fused-ring (bicyclic) bond motifs is 3. The summed E-state index contributed by atoms with van der Waals surface area (Å²) in [5.41, 5.74) is -0.115. The van der Waals surface area contributed by atoms with E-state index in [-0.39, 0.29) is 34.9 Å². The minimum atomic E-state index is -0.619. The fraction of sp³-hybridized carbons (Fsp3) is 0.286. The molecule has 0 aliphatic heterocycles. The van der Waals surface area contributed by atoms with Gasteiger partial charge in [0, 0.05) is 14.1 Å². The molecule has 0 saturated heterocycles. The van der Waals surface area contributed by atoms with Gasteiger partial charge in [0.05, 0.1) is 23.7 Å². The van der Waals surface area contributed by atoms with Gasteiger partial charge in [0.1, 0.15) is 0 Å². The number of rotatable bonds is 4. The van der Waals surface area contributed by atoms with Gasteiger partial charge in [0.2, 0.25) is 11.7 Å². The predicted molar refractivity (Wildman–Crippen MR) is 113 cm³/mol. The van der Waals surface area contributed by atoms with Crippen molar-refractivity contribution in [3.05, 3.63) is 72.1 Å². The molecule has 31 heavy (non-hydrogen) atoms. The van der Waals surface area contributed by atoms with Crippen LogP contribution in [-0.2, 0) is 27.1 Å². The number of nitriles is 1. The van der Waals surface area contributed by atoms with Crippen molar-refractivity contribution in [3.63, 3.8) is 0 Å². The molecule has 158 valence electrons. The first-order valence-corrected chi connectivity index (χ1v) is 9.72. The minimum absolute atomic E-state index is 0.0167. The van der Waals surface area contributed by atoms with E-state index in [0.29, 0.717) is 18.4 Å². The summed E-state index contributed by atoms with van der Waals surface area (Å²) in [7, 11) is 2.82. The van der Waals surface area contributed by atoms with Crippen LogP contribution >= 0.6 is 0 Å². The van der Waals surface area contributed by atoms with Crippen molar-refractivity contribution < 1.29 is 5.11 Å². The molecule has 0 bridgehead atoms. The lowest BCUT2D eigenvalue weighted by Crippen LogP contribution is -2.37. The molecule has 4 aromatic rings. The van der Waals surface area contributed by atoms with Gasteiger partial charge >= 0.3 is 5.69 Å². The van der Waals surface area contributed by atoms with E-state index in [1.165, 1.54) is 27.6 Å². The highest BCUT2D eigenvalue weighted by atomic mass is 16.3. The Labute approximate surface area is 175 Å². The van der Waals surface area contributed by atoms with E-state index in [4.69, 9.17) is 5.26 Å². The molecule has 10 nitrogen and oxygen atoms in total. The summed E-state index contributed by atoms with van der Waals surface area (Å²) in [6.45, 7) is 1.99. The van der Waals surface area contributed by atoms with Crippen LogP contribution in [0, 0.1) is 11.3 Å². The van der Waals surface area contributed by atoms with Crippen molar-refractivity contribution >= 4 is 16.9 Å². The van der Waals surface area contributed by atoms with Gasteiger partial charge in [-0.25, -0.2) is 9.20 Å². The van der Waals surface area contributed by atoms with Crippen LogP contribution in [0.5, 0.6) is 5.88 Å². The molecule has 0 amide bonds. The fourth-order valence-electron chi connectivity index (χ4n) is 3.73. The molecule has 3 aromatic heterocycles. The molecular weight excluding hydrogens is 400 g/mol. The van der Waals surface area contributed by atoms with Crippen molar-refractivity contribution in [1.82, 2.24) is 23.1 Å². The first kappa shape index (κ1) is 20.2. The number of aromatic hydroxyl groups is 1. The smallest absolute Gasteiger partial charge is 0.332 e. The van der Waals surface area contributed by atoms with Gasteiger partial charge in [-0.05, 0) is 24.1 Å². The third-order valence-corrected chi connectivity index (χ3v) is 5.39. The molecule has 10 heteroatoms. The van der Waals surface area contributed by atoms with Gasteiger partial charge < -0.3 is 5.11 Å². The number of nitrogens with zero attached hydrogens (tertiary/aromatic N) is 6. The Hall–Kier alpha value is -4.13. The first-order valence-electron chi connectivity index (χ1n) is 9.72. The zero-order chi connectivity index (χ0) is 22.4. The van der Waals surface area contributed by atoms with E-state index >= 15 is 0 Å². The Morgan fingerprint density at radius 2 is 1.74 bits per heavy atom. The van der Waals surface area contributed by atoms with E-state index in [1.807, 2.05) is 13.0 Å². The first-order chi connectivity index (χ1) is 14.8. The third-order valence-electron chi connectivity index (χ3n) is 5.39. The van der Waals surface area contributed by atoms with E-state index in [1.54, 1.807) is 24.3 Å². The van der Waals surface area contributed by atoms with Crippen LogP contribution in [0.3, 0.4) is 0 Å². The highest BCUT2D eigenvalue weighted by molar-refractivity contribution is 5.76. The Balaban J connectivity index is 2.14.